The van der Waals surface area contributed by atoms with E-state index in [0.29, 0.717) is 21.7 Å². The van der Waals surface area contributed by atoms with E-state index < -0.39 is 6.55 Å². The smallest absolute Gasteiger partial charge is 0.333 e. The first-order valence-electron chi connectivity index (χ1n) is 10.8. The van der Waals surface area contributed by atoms with Gasteiger partial charge in [0.25, 0.3) is 0 Å². The van der Waals surface area contributed by atoms with Crippen LogP contribution in [-0.4, -0.2) is 43.3 Å². The van der Waals surface area contributed by atoms with E-state index in [1.54, 1.807) is 6.20 Å². The van der Waals surface area contributed by atoms with Crippen molar-refractivity contribution in [2.45, 2.75) is 31.9 Å². The second-order valence-corrected chi connectivity index (χ2v) is 8.86. The zero-order valence-electron chi connectivity index (χ0n) is 17.4. The summed E-state index contributed by atoms with van der Waals surface area (Å²) in [5.74, 6) is 0.859. The second kappa shape index (κ2) is 7.37. The molecule has 32 heavy (non-hydrogen) atoms. The molecule has 2 fully saturated rings. The van der Waals surface area contributed by atoms with E-state index >= 15 is 0 Å². The summed E-state index contributed by atoms with van der Waals surface area (Å²) in [5.41, 5.74) is 4.29. The van der Waals surface area contributed by atoms with Gasteiger partial charge in [0.05, 0.1) is 23.8 Å². The molecule has 6 rings (SSSR count). The molecule has 4 aromatic heterocycles. The Balaban J connectivity index is 1.27. The maximum absolute atomic E-state index is 12.9. The number of fused-ring (bicyclic) bond motifs is 1. The van der Waals surface area contributed by atoms with Crippen molar-refractivity contribution in [2.75, 3.05) is 18.4 Å². The largest absolute Gasteiger partial charge is 0.367 e. The minimum atomic E-state index is -2.66. The first-order chi connectivity index (χ1) is 15.6. The second-order valence-electron chi connectivity index (χ2n) is 8.86. The van der Waals surface area contributed by atoms with Crippen LogP contribution in [0.2, 0.25) is 0 Å². The average Bonchev–Trinajstić information content (AvgIpc) is 3.52. The minimum Gasteiger partial charge on any atom is -0.367 e. The van der Waals surface area contributed by atoms with Crippen LogP contribution in [0.25, 0.3) is 28.2 Å². The Labute approximate surface area is 183 Å². The van der Waals surface area contributed by atoms with Crippen LogP contribution >= 0.6 is 0 Å². The van der Waals surface area contributed by atoms with Crippen LogP contribution in [0.15, 0.2) is 55.1 Å². The number of alkyl halides is 2. The number of aromatic nitrogens is 5. The number of imidazole rings is 1. The summed E-state index contributed by atoms with van der Waals surface area (Å²) in [6.07, 6.45) is 10.1. The van der Waals surface area contributed by atoms with Crippen molar-refractivity contribution in [3.8, 4) is 22.5 Å². The Bertz CT molecular complexity index is 1260. The molecule has 0 unspecified atom stereocenters. The number of pyridine rings is 2. The van der Waals surface area contributed by atoms with Gasteiger partial charge in [0.2, 0.25) is 0 Å². The van der Waals surface area contributed by atoms with Gasteiger partial charge < -0.3 is 10.6 Å². The molecule has 4 aromatic rings. The first kappa shape index (κ1) is 19.4. The van der Waals surface area contributed by atoms with Crippen LogP contribution in [0.5, 0.6) is 0 Å². The molecular weight excluding hydrogens is 412 g/mol. The third-order valence-corrected chi connectivity index (χ3v) is 6.69. The highest BCUT2D eigenvalue weighted by atomic mass is 19.3. The Morgan fingerprint density at radius 1 is 1.09 bits per heavy atom. The number of anilines is 1. The van der Waals surface area contributed by atoms with Gasteiger partial charge in [0, 0.05) is 36.1 Å². The van der Waals surface area contributed by atoms with Crippen molar-refractivity contribution in [3.63, 3.8) is 0 Å². The molecule has 2 N–H and O–H groups in total. The molecular formula is C23H23F2N7. The van der Waals surface area contributed by atoms with Crippen molar-refractivity contribution in [2.24, 2.45) is 5.41 Å². The highest BCUT2D eigenvalue weighted by molar-refractivity contribution is 5.67. The van der Waals surface area contributed by atoms with Crippen LogP contribution < -0.4 is 10.6 Å². The Hall–Kier alpha value is -3.33. The maximum atomic E-state index is 12.9. The molecule has 9 heteroatoms. The van der Waals surface area contributed by atoms with Crippen LogP contribution in [0.3, 0.4) is 0 Å². The van der Waals surface area contributed by atoms with Crippen LogP contribution in [0.1, 0.15) is 25.8 Å². The molecule has 5 heterocycles. The Morgan fingerprint density at radius 3 is 2.78 bits per heavy atom. The zero-order valence-corrected chi connectivity index (χ0v) is 17.4. The first-order valence-corrected chi connectivity index (χ1v) is 10.8. The molecule has 0 aromatic carbocycles. The van der Waals surface area contributed by atoms with Crippen molar-refractivity contribution in [3.05, 3.63) is 55.1 Å². The number of rotatable bonds is 5. The predicted molar refractivity (Wildman–Crippen MR) is 117 cm³/mol. The molecule has 1 saturated heterocycles. The normalized spacial score (nSPS) is 22.7. The lowest BCUT2D eigenvalue weighted by Crippen LogP contribution is -2.46. The molecule has 0 amide bonds. The van der Waals surface area contributed by atoms with E-state index in [4.69, 9.17) is 4.98 Å². The van der Waals surface area contributed by atoms with E-state index in [1.807, 2.05) is 40.9 Å². The number of nitrogens with one attached hydrogen (secondary N) is 2. The van der Waals surface area contributed by atoms with Gasteiger partial charge in [-0.25, -0.2) is 14.6 Å². The fourth-order valence-electron chi connectivity index (χ4n) is 5.03. The molecule has 1 saturated carbocycles. The predicted octanol–water partition coefficient (Wildman–Crippen LogP) is 4.21. The molecule has 7 nitrogen and oxygen atoms in total. The summed E-state index contributed by atoms with van der Waals surface area (Å²) >= 11 is 0. The molecule has 0 radical (unpaired) electrons. The van der Waals surface area contributed by atoms with Gasteiger partial charge >= 0.3 is 6.55 Å². The fourth-order valence-corrected chi connectivity index (χ4v) is 5.03. The van der Waals surface area contributed by atoms with Gasteiger partial charge in [-0.2, -0.15) is 13.9 Å². The standard InChI is InChI=1S/C23H23F2N7/c24-22(25)32-13-16(10-28-32)15-4-5-21-27-11-19(31(21)12-15)18-2-1-3-20(30-18)29-17-8-23(9-17)6-7-26-14-23/h1-5,10-13,17,22,26H,6-9,14H2,(H,29,30). The topological polar surface area (TPSA) is 72.1 Å². The van der Waals surface area contributed by atoms with Gasteiger partial charge in [0.1, 0.15) is 11.5 Å². The summed E-state index contributed by atoms with van der Waals surface area (Å²) in [4.78, 5) is 9.31. The fraction of sp³-hybridized carbons (Fsp3) is 0.348. The van der Waals surface area contributed by atoms with Crippen LogP contribution in [0, 0.1) is 5.41 Å². The summed E-state index contributed by atoms with van der Waals surface area (Å²) < 4.78 is 28.4. The average molecular weight is 435 g/mol. The zero-order chi connectivity index (χ0) is 21.7. The summed E-state index contributed by atoms with van der Waals surface area (Å²) in [6, 6.07) is 10.1. The maximum Gasteiger partial charge on any atom is 0.333 e. The lowest BCUT2D eigenvalue weighted by molar-refractivity contribution is 0.0566. The van der Waals surface area contributed by atoms with Crippen molar-refractivity contribution in [1.82, 2.24) is 29.5 Å². The van der Waals surface area contributed by atoms with Crippen LogP contribution in [-0.2, 0) is 0 Å². The van der Waals surface area contributed by atoms with Crippen LogP contribution in [0.4, 0.5) is 14.6 Å². The number of nitrogens with zero attached hydrogens (tertiary/aromatic N) is 5. The molecule has 0 bridgehead atoms. The molecule has 2 aliphatic rings. The van der Waals surface area contributed by atoms with Gasteiger partial charge in [-0.3, -0.25) is 4.40 Å². The number of hydrogen-bond acceptors (Lipinski definition) is 5. The highest BCUT2D eigenvalue weighted by Gasteiger charge is 2.45. The van der Waals surface area contributed by atoms with E-state index in [0.717, 1.165) is 41.5 Å². The lowest BCUT2D eigenvalue weighted by atomic mass is 9.65. The Kier molecular flexibility index (Phi) is 4.46. The van der Waals surface area contributed by atoms with Gasteiger partial charge in [-0.15, -0.1) is 0 Å². The highest BCUT2D eigenvalue weighted by Crippen LogP contribution is 2.46. The molecule has 1 aliphatic heterocycles. The lowest BCUT2D eigenvalue weighted by Gasteiger charge is -2.45. The molecule has 0 atom stereocenters. The van der Waals surface area contributed by atoms with Gasteiger partial charge in [-0.1, -0.05) is 6.07 Å². The van der Waals surface area contributed by atoms with Crippen molar-refractivity contribution in [1.29, 1.82) is 0 Å². The van der Waals surface area contributed by atoms with Gasteiger partial charge in [0.15, 0.2) is 0 Å². The number of hydrogen-bond donors (Lipinski definition) is 2. The summed E-state index contributed by atoms with van der Waals surface area (Å²) in [7, 11) is 0. The van der Waals surface area contributed by atoms with E-state index in [9.17, 15) is 8.78 Å². The van der Waals surface area contributed by atoms with Crippen molar-refractivity contribution >= 4 is 11.5 Å². The van der Waals surface area contributed by atoms with E-state index in [-0.39, 0.29) is 0 Å². The molecule has 1 aliphatic carbocycles. The SMILES string of the molecule is FC(F)n1cc(-c2ccc3ncc(-c4cccc(NC5CC6(CCNC6)C5)n4)n3c2)cn1. The molecule has 1 spiro atoms. The summed E-state index contributed by atoms with van der Waals surface area (Å²) in [5, 5.41) is 10.8. The monoisotopic (exact) mass is 435 g/mol. The quantitative estimate of drug-likeness (QED) is 0.491. The minimum absolute atomic E-state index is 0.456. The van der Waals surface area contributed by atoms with Gasteiger partial charge in [-0.05, 0) is 55.5 Å². The molecule has 164 valence electrons. The number of halogens is 2. The Morgan fingerprint density at radius 2 is 2.00 bits per heavy atom. The van der Waals surface area contributed by atoms with E-state index in [1.165, 1.54) is 31.7 Å². The third-order valence-electron chi connectivity index (χ3n) is 6.69. The summed E-state index contributed by atoms with van der Waals surface area (Å²) in [6.45, 7) is -0.412. The third kappa shape index (κ3) is 3.33. The van der Waals surface area contributed by atoms with E-state index in [2.05, 4.69) is 20.7 Å². The van der Waals surface area contributed by atoms with Crippen molar-refractivity contribution < 1.29 is 8.78 Å².